The van der Waals surface area contributed by atoms with Gasteiger partial charge in [-0.1, -0.05) is 0 Å². The summed E-state index contributed by atoms with van der Waals surface area (Å²) in [4.78, 5) is 22.2. The fourth-order valence-electron chi connectivity index (χ4n) is 1.65. The first-order valence-corrected chi connectivity index (χ1v) is 5.17. The van der Waals surface area contributed by atoms with Crippen molar-refractivity contribution in [1.29, 1.82) is 0 Å². The molecule has 0 saturated heterocycles. The van der Waals surface area contributed by atoms with Crippen LogP contribution in [-0.2, 0) is 0 Å². The molecule has 5 heteroatoms. The number of anilines is 1. The minimum Gasteiger partial charge on any atom is -0.478 e. The SMILES string of the molecule is CCNc1ccc2c(C(=O)O)cc(=O)oc2c1. The Bertz CT molecular complexity index is 630. The van der Waals surface area contributed by atoms with Gasteiger partial charge in [-0.25, -0.2) is 9.59 Å². The molecule has 2 aromatic rings. The number of aromatic carboxylic acids is 1. The van der Waals surface area contributed by atoms with Gasteiger partial charge in [0, 0.05) is 29.8 Å². The number of rotatable bonds is 3. The minimum absolute atomic E-state index is 0.0423. The van der Waals surface area contributed by atoms with E-state index in [1.165, 1.54) is 0 Å². The highest BCUT2D eigenvalue weighted by Gasteiger charge is 2.11. The van der Waals surface area contributed by atoms with Crippen LogP contribution in [0.1, 0.15) is 17.3 Å². The maximum Gasteiger partial charge on any atom is 0.337 e. The van der Waals surface area contributed by atoms with Gasteiger partial charge in [-0.05, 0) is 19.1 Å². The lowest BCUT2D eigenvalue weighted by molar-refractivity contribution is 0.0698. The Morgan fingerprint density at radius 1 is 1.41 bits per heavy atom. The molecule has 2 rings (SSSR count). The maximum atomic E-state index is 11.2. The molecule has 1 heterocycles. The predicted molar refractivity (Wildman–Crippen MR) is 63.6 cm³/mol. The van der Waals surface area contributed by atoms with Gasteiger partial charge in [0.05, 0.1) is 5.56 Å². The fourth-order valence-corrected chi connectivity index (χ4v) is 1.65. The zero-order chi connectivity index (χ0) is 12.4. The van der Waals surface area contributed by atoms with Gasteiger partial charge < -0.3 is 14.8 Å². The van der Waals surface area contributed by atoms with Gasteiger partial charge in [0.25, 0.3) is 0 Å². The molecule has 1 aromatic carbocycles. The molecule has 0 saturated carbocycles. The number of nitrogens with one attached hydrogen (secondary N) is 1. The van der Waals surface area contributed by atoms with Crippen LogP contribution in [0.25, 0.3) is 11.0 Å². The Morgan fingerprint density at radius 2 is 2.18 bits per heavy atom. The quantitative estimate of drug-likeness (QED) is 0.792. The Balaban J connectivity index is 2.71. The summed E-state index contributed by atoms with van der Waals surface area (Å²) in [7, 11) is 0. The van der Waals surface area contributed by atoms with Crippen LogP contribution in [0, 0.1) is 0 Å². The van der Waals surface area contributed by atoms with Gasteiger partial charge >= 0.3 is 11.6 Å². The van der Waals surface area contributed by atoms with E-state index in [2.05, 4.69) is 5.32 Å². The zero-order valence-corrected chi connectivity index (χ0v) is 9.19. The van der Waals surface area contributed by atoms with Gasteiger partial charge in [0.1, 0.15) is 5.58 Å². The summed E-state index contributed by atoms with van der Waals surface area (Å²) in [6.45, 7) is 2.67. The van der Waals surface area contributed by atoms with Crippen LogP contribution in [0.15, 0.2) is 33.5 Å². The van der Waals surface area contributed by atoms with E-state index in [4.69, 9.17) is 9.52 Å². The van der Waals surface area contributed by atoms with E-state index in [-0.39, 0.29) is 11.1 Å². The molecular formula is C12H11NO4. The van der Waals surface area contributed by atoms with Gasteiger partial charge in [-0.2, -0.15) is 0 Å². The summed E-state index contributed by atoms with van der Waals surface area (Å²) in [6.07, 6.45) is 0. The largest absolute Gasteiger partial charge is 0.478 e. The topological polar surface area (TPSA) is 79.5 Å². The van der Waals surface area contributed by atoms with Crippen LogP contribution in [0.4, 0.5) is 5.69 Å². The van der Waals surface area contributed by atoms with Crippen molar-refractivity contribution in [2.75, 3.05) is 11.9 Å². The number of fused-ring (bicyclic) bond motifs is 1. The standard InChI is InChI=1S/C12H11NO4/c1-2-13-7-3-4-8-9(12(15)16)6-11(14)17-10(8)5-7/h3-6,13H,2H2,1H3,(H,15,16). The van der Waals surface area contributed by atoms with Crippen molar-refractivity contribution in [2.24, 2.45) is 0 Å². The van der Waals surface area contributed by atoms with Crippen LogP contribution in [0.2, 0.25) is 0 Å². The zero-order valence-electron chi connectivity index (χ0n) is 9.19. The lowest BCUT2D eigenvalue weighted by atomic mass is 10.1. The van der Waals surface area contributed by atoms with Crippen molar-refractivity contribution < 1.29 is 14.3 Å². The van der Waals surface area contributed by atoms with Gasteiger partial charge in [-0.3, -0.25) is 0 Å². The first-order valence-electron chi connectivity index (χ1n) is 5.17. The van der Waals surface area contributed by atoms with Crippen molar-refractivity contribution in [2.45, 2.75) is 6.92 Å². The van der Waals surface area contributed by atoms with Crippen molar-refractivity contribution in [1.82, 2.24) is 0 Å². The van der Waals surface area contributed by atoms with Crippen LogP contribution in [0.3, 0.4) is 0 Å². The second-order valence-corrected chi connectivity index (χ2v) is 3.53. The van der Waals surface area contributed by atoms with Crippen molar-refractivity contribution in [3.8, 4) is 0 Å². The normalized spacial score (nSPS) is 10.4. The lowest BCUT2D eigenvalue weighted by Gasteiger charge is -2.05. The Morgan fingerprint density at radius 3 is 2.82 bits per heavy atom. The summed E-state index contributed by atoms with van der Waals surface area (Å²) >= 11 is 0. The number of carboxylic acids is 1. The summed E-state index contributed by atoms with van der Waals surface area (Å²) in [6, 6.07) is 5.97. The molecule has 0 aliphatic heterocycles. The van der Waals surface area contributed by atoms with Crippen LogP contribution < -0.4 is 10.9 Å². The van der Waals surface area contributed by atoms with Crippen LogP contribution in [0.5, 0.6) is 0 Å². The Kier molecular flexibility index (Phi) is 2.82. The summed E-state index contributed by atoms with van der Waals surface area (Å²) in [5.74, 6) is -1.14. The van der Waals surface area contributed by atoms with Gasteiger partial charge in [0.15, 0.2) is 0 Å². The van der Waals surface area contributed by atoms with E-state index in [0.29, 0.717) is 5.39 Å². The first kappa shape index (κ1) is 11.2. The Labute approximate surface area is 96.7 Å². The van der Waals surface area contributed by atoms with Crippen molar-refractivity contribution >= 4 is 22.6 Å². The number of hydrogen-bond acceptors (Lipinski definition) is 4. The highest BCUT2D eigenvalue weighted by atomic mass is 16.4. The molecule has 0 atom stereocenters. The number of carbonyl (C=O) groups is 1. The summed E-state index contributed by atoms with van der Waals surface area (Å²) < 4.78 is 4.98. The molecule has 88 valence electrons. The maximum absolute atomic E-state index is 11.2. The third-order valence-corrected chi connectivity index (χ3v) is 2.36. The van der Waals surface area contributed by atoms with Crippen molar-refractivity contribution in [3.63, 3.8) is 0 Å². The average molecular weight is 233 g/mol. The predicted octanol–water partition coefficient (Wildman–Crippen LogP) is 1.92. The van der Waals surface area contributed by atoms with Gasteiger partial charge in [0.2, 0.25) is 0 Å². The van der Waals surface area contributed by atoms with Crippen LogP contribution in [-0.4, -0.2) is 17.6 Å². The number of hydrogen-bond donors (Lipinski definition) is 2. The monoisotopic (exact) mass is 233 g/mol. The third kappa shape index (κ3) is 2.13. The smallest absolute Gasteiger partial charge is 0.337 e. The third-order valence-electron chi connectivity index (χ3n) is 2.36. The van der Waals surface area contributed by atoms with E-state index in [1.807, 2.05) is 6.92 Å². The Hall–Kier alpha value is -2.30. The first-order chi connectivity index (χ1) is 8.11. The lowest BCUT2D eigenvalue weighted by Crippen LogP contribution is -2.06. The van der Waals surface area contributed by atoms with E-state index in [9.17, 15) is 9.59 Å². The highest BCUT2D eigenvalue weighted by molar-refractivity contribution is 6.02. The molecule has 5 nitrogen and oxygen atoms in total. The van der Waals surface area contributed by atoms with Crippen LogP contribution >= 0.6 is 0 Å². The molecule has 0 aliphatic rings. The minimum atomic E-state index is -1.14. The molecule has 0 unspecified atom stereocenters. The molecule has 0 aliphatic carbocycles. The fraction of sp³-hybridized carbons (Fsp3) is 0.167. The van der Waals surface area contributed by atoms with Crippen molar-refractivity contribution in [3.05, 3.63) is 40.2 Å². The summed E-state index contributed by atoms with van der Waals surface area (Å²) in [5, 5.41) is 12.5. The molecule has 1 aromatic heterocycles. The molecule has 0 fully saturated rings. The molecule has 0 spiro atoms. The number of carboxylic acid groups (broad SMARTS) is 1. The van der Waals surface area contributed by atoms with E-state index < -0.39 is 11.6 Å². The van der Waals surface area contributed by atoms with E-state index in [1.54, 1.807) is 18.2 Å². The molecule has 0 bridgehead atoms. The highest BCUT2D eigenvalue weighted by Crippen LogP contribution is 2.21. The van der Waals surface area contributed by atoms with E-state index >= 15 is 0 Å². The second kappa shape index (κ2) is 4.29. The molecular weight excluding hydrogens is 222 g/mol. The molecule has 17 heavy (non-hydrogen) atoms. The summed E-state index contributed by atoms with van der Waals surface area (Å²) in [5.41, 5.74) is 0.349. The second-order valence-electron chi connectivity index (χ2n) is 3.53. The molecule has 2 N–H and O–H groups in total. The van der Waals surface area contributed by atoms with Gasteiger partial charge in [-0.15, -0.1) is 0 Å². The number of benzene rings is 1. The average Bonchev–Trinajstić information content (AvgIpc) is 2.27. The molecule has 0 amide bonds. The van der Waals surface area contributed by atoms with E-state index in [0.717, 1.165) is 18.3 Å². The molecule has 0 radical (unpaired) electrons.